The first kappa shape index (κ1) is 84.7. The van der Waals surface area contributed by atoms with Gasteiger partial charge in [-0.3, -0.25) is 9.59 Å². The molecule has 88 heavy (non-hydrogen) atoms. The van der Waals surface area contributed by atoms with Gasteiger partial charge >= 0.3 is 17.9 Å². The van der Waals surface area contributed by atoms with Crippen molar-refractivity contribution in [1.82, 2.24) is 0 Å². The van der Waals surface area contributed by atoms with E-state index in [2.05, 4.69) is 86.8 Å². The average Bonchev–Trinajstić information content (AvgIpc) is 3.50. The fraction of sp³-hybridized carbons (Fsp3) is 0.810. The van der Waals surface area contributed by atoms with Crippen LogP contribution in [-0.2, 0) is 33.3 Å². The van der Waals surface area contributed by atoms with Crippen LogP contribution in [0.5, 0.6) is 0 Å². The third-order valence-electron chi connectivity index (χ3n) is 16.7. The van der Waals surface area contributed by atoms with Gasteiger partial charge in [0.05, 0.1) is 34.4 Å². The largest absolute Gasteiger partial charge is 0.477 e. The molecule has 0 aromatic heterocycles. The summed E-state index contributed by atoms with van der Waals surface area (Å²) in [5.41, 5.74) is 0. The molecule has 0 aliphatic carbocycles. The highest BCUT2D eigenvalue weighted by molar-refractivity contribution is 5.71. The van der Waals surface area contributed by atoms with Gasteiger partial charge in [0.2, 0.25) is 0 Å². The van der Waals surface area contributed by atoms with E-state index in [4.69, 9.17) is 18.9 Å². The number of carbonyl (C=O) groups is 3. The standard InChI is InChI=1S/C79H143NO8/c1-6-8-10-12-14-16-18-20-22-24-26-28-30-32-34-36-38-40-41-43-45-47-49-51-53-55-57-59-61-63-65-67-69-76(81)86-73-75(74-87-79(78(83)84)85-72-71-80(3,4)5)88-77(82)70-68-66-64-62-60-58-56-54-52-50-48-46-44-42-39-37-35-33-31-29-27-25-23-21-19-17-15-13-11-9-7-2/h9,11,15,17,21,23,27,29,33,35,39,42,75,79H,6-8,10,12-14,16,18-20,22,24-26,28,30-32,34,36-38,40-41,43-74H2,1-5H3/p+1/b11-9-,17-15-,23-21-,29-27-,35-33-,42-39-. The Kier molecular flexibility index (Phi) is 67.0. The molecule has 0 saturated heterocycles. The van der Waals surface area contributed by atoms with Gasteiger partial charge in [0.15, 0.2) is 6.10 Å². The number of hydrogen-bond donors (Lipinski definition) is 1. The van der Waals surface area contributed by atoms with Gasteiger partial charge in [0.1, 0.15) is 13.2 Å². The van der Waals surface area contributed by atoms with E-state index in [0.29, 0.717) is 17.4 Å². The number of carboxylic acids is 1. The lowest BCUT2D eigenvalue weighted by Crippen LogP contribution is -2.40. The number of allylic oxidation sites excluding steroid dienone is 12. The second-order valence-electron chi connectivity index (χ2n) is 26.6. The molecule has 0 aliphatic heterocycles. The number of quaternary nitrogens is 1. The van der Waals surface area contributed by atoms with Gasteiger partial charge in [-0.25, -0.2) is 4.79 Å². The van der Waals surface area contributed by atoms with Gasteiger partial charge in [0.25, 0.3) is 6.29 Å². The minimum absolute atomic E-state index is 0.181. The van der Waals surface area contributed by atoms with Crippen LogP contribution in [0.1, 0.15) is 354 Å². The second-order valence-corrected chi connectivity index (χ2v) is 26.6. The van der Waals surface area contributed by atoms with Gasteiger partial charge < -0.3 is 28.5 Å². The van der Waals surface area contributed by atoms with E-state index in [-0.39, 0.29) is 32.2 Å². The highest BCUT2D eigenvalue weighted by Crippen LogP contribution is 2.19. The van der Waals surface area contributed by atoms with Crippen molar-refractivity contribution in [3.63, 3.8) is 0 Å². The third-order valence-corrected chi connectivity index (χ3v) is 16.7. The van der Waals surface area contributed by atoms with Crippen LogP contribution in [0.4, 0.5) is 0 Å². The average molecular weight is 1240 g/mol. The molecule has 9 heteroatoms. The van der Waals surface area contributed by atoms with Crippen molar-refractivity contribution in [3.8, 4) is 0 Å². The molecule has 0 radical (unpaired) electrons. The van der Waals surface area contributed by atoms with Gasteiger partial charge in [-0.2, -0.15) is 0 Å². The molecule has 2 atom stereocenters. The summed E-state index contributed by atoms with van der Waals surface area (Å²) in [6, 6.07) is 0. The van der Waals surface area contributed by atoms with Crippen molar-refractivity contribution < 1.29 is 42.9 Å². The molecule has 0 rings (SSSR count). The first-order chi connectivity index (χ1) is 43.1. The van der Waals surface area contributed by atoms with Crippen LogP contribution in [0.2, 0.25) is 0 Å². The van der Waals surface area contributed by atoms with Crippen molar-refractivity contribution in [1.29, 1.82) is 0 Å². The molecule has 0 heterocycles. The minimum atomic E-state index is -1.51. The number of carbonyl (C=O) groups excluding carboxylic acids is 2. The van der Waals surface area contributed by atoms with Crippen molar-refractivity contribution in [3.05, 3.63) is 72.9 Å². The molecule has 0 fully saturated rings. The molecule has 0 saturated carbocycles. The Morgan fingerprint density at radius 2 is 0.648 bits per heavy atom. The summed E-state index contributed by atoms with van der Waals surface area (Å²) in [6.45, 7) is 4.82. The van der Waals surface area contributed by atoms with E-state index in [1.807, 2.05) is 21.1 Å². The Labute approximate surface area is 545 Å². The maximum atomic E-state index is 13.0. The Morgan fingerprint density at radius 1 is 0.352 bits per heavy atom. The molecule has 0 aromatic carbocycles. The fourth-order valence-electron chi connectivity index (χ4n) is 11.0. The molecule has 1 N–H and O–H groups in total. The molecule has 0 aromatic rings. The lowest BCUT2D eigenvalue weighted by molar-refractivity contribution is -0.870. The monoisotopic (exact) mass is 1240 g/mol. The van der Waals surface area contributed by atoms with Crippen LogP contribution in [0.15, 0.2) is 72.9 Å². The van der Waals surface area contributed by atoms with Crippen molar-refractivity contribution in [2.24, 2.45) is 0 Å². The molecule has 0 amide bonds. The molecular formula is C79H144NO8+. The fourth-order valence-corrected chi connectivity index (χ4v) is 11.0. The van der Waals surface area contributed by atoms with Crippen LogP contribution in [-0.4, -0.2) is 87.4 Å². The zero-order valence-electron chi connectivity index (χ0n) is 58.6. The highest BCUT2D eigenvalue weighted by Gasteiger charge is 2.25. The van der Waals surface area contributed by atoms with Crippen molar-refractivity contribution >= 4 is 17.9 Å². The van der Waals surface area contributed by atoms with E-state index in [0.717, 1.165) is 83.5 Å². The number of aliphatic carboxylic acids is 1. The van der Waals surface area contributed by atoms with E-state index < -0.39 is 24.3 Å². The smallest absolute Gasteiger partial charge is 0.361 e. The van der Waals surface area contributed by atoms with Gasteiger partial charge in [0, 0.05) is 12.8 Å². The molecule has 0 aliphatic rings. The van der Waals surface area contributed by atoms with Crippen molar-refractivity contribution in [2.45, 2.75) is 367 Å². The minimum Gasteiger partial charge on any atom is -0.477 e. The number of likely N-dealkylation sites (N-methyl/N-ethyl adjacent to an activating group) is 1. The SMILES string of the molecule is CC/C=C\C/C=C\C/C=C\C/C=C\C/C=C\C/C=C\CCCCCCCCCCCCCCC(=O)OC(COC(=O)CCCCCCCCCCCCCCCCCCCCCCCCCCCCCCCCCC)COC(OCC[N+](C)(C)C)C(=O)O. The number of esters is 2. The highest BCUT2D eigenvalue weighted by atomic mass is 16.7. The summed E-state index contributed by atoms with van der Waals surface area (Å²) in [5.74, 6) is -1.99. The summed E-state index contributed by atoms with van der Waals surface area (Å²) in [4.78, 5) is 37.7. The maximum Gasteiger partial charge on any atom is 0.361 e. The number of hydrogen-bond acceptors (Lipinski definition) is 7. The lowest BCUT2D eigenvalue weighted by atomic mass is 10.0. The molecule has 0 bridgehead atoms. The van der Waals surface area contributed by atoms with Gasteiger partial charge in [-0.15, -0.1) is 0 Å². The lowest BCUT2D eigenvalue weighted by Gasteiger charge is -2.25. The normalized spacial score (nSPS) is 13.1. The van der Waals surface area contributed by atoms with E-state index in [1.165, 1.54) is 244 Å². The summed E-state index contributed by atoms with van der Waals surface area (Å²) in [6.07, 6.45) is 90.4. The first-order valence-electron chi connectivity index (χ1n) is 37.6. The van der Waals surface area contributed by atoms with Crippen LogP contribution >= 0.6 is 0 Å². The Bertz CT molecular complexity index is 1680. The molecule has 512 valence electrons. The van der Waals surface area contributed by atoms with Crippen LogP contribution in [0.3, 0.4) is 0 Å². The number of unbranched alkanes of at least 4 members (excludes halogenated alkanes) is 43. The first-order valence-corrected chi connectivity index (χ1v) is 37.6. The quantitative estimate of drug-likeness (QED) is 0.0211. The summed E-state index contributed by atoms with van der Waals surface area (Å²) < 4.78 is 23.0. The number of nitrogens with zero attached hydrogens (tertiary/aromatic N) is 1. The van der Waals surface area contributed by atoms with E-state index in [9.17, 15) is 19.5 Å². The Morgan fingerprint density at radius 3 is 0.966 bits per heavy atom. The summed E-state index contributed by atoms with van der Waals surface area (Å²) in [7, 11) is 5.99. The Balaban J connectivity index is 4.05. The molecule has 9 nitrogen and oxygen atoms in total. The summed E-state index contributed by atoms with van der Waals surface area (Å²) >= 11 is 0. The number of carboxylic acid groups (broad SMARTS) is 1. The zero-order valence-corrected chi connectivity index (χ0v) is 58.6. The van der Waals surface area contributed by atoms with Gasteiger partial charge in [-0.05, 0) is 64.2 Å². The topological polar surface area (TPSA) is 108 Å². The van der Waals surface area contributed by atoms with Crippen LogP contribution < -0.4 is 0 Å². The Hall–Kier alpha value is -3.27. The van der Waals surface area contributed by atoms with Crippen molar-refractivity contribution in [2.75, 3.05) is 47.5 Å². The van der Waals surface area contributed by atoms with E-state index in [1.54, 1.807) is 0 Å². The van der Waals surface area contributed by atoms with Crippen LogP contribution in [0, 0.1) is 0 Å². The zero-order chi connectivity index (χ0) is 64.0. The molecular weight excluding hydrogens is 1090 g/mol. The summed E-state index contributed by atoms with van der Waals surface area (Å²) in [5, 5.41) is 9.76. The molecule has 0 spiro atoms. The maximum absolute atomic E-state index is 13.0. The van der Waals surface area contributed by atoms with Crippen LogP contribution in [0.25, 0.3) is 0 Å². The second kappa shape index (κ2) is 69.6. The third kappa shape index (κ3) is 70.2. The van der Waals surface area contributed by atoms with E-state index >= 15 is 0 Å². The van der Waals surface area contributed by atoms with Gasteiger partial charge in [-0.1, -0.05) is 350 Å². The molecule has 2 unspecified atom stereocenters. The number of ether oxygens (including phenoxy) is 4. The number of rotatable bonds is 70. The predicted octanol–water partition coefficient (Wildman–Crippen LogP) is 23.6. The predicted molar refractivity (Wildman–Crippen MR) is 378 cm³/mol.